The standard InChI is InChI=1S/C27H28N4O3S/c1-26(33-2)19-31-25(34-20-26)24(18-29-31)35(28,32)30-27(21-12-6-3-7-13-21,22-14-8-4-9-15-22)23-16-10-5-11-17-23/h3-18H,19-20H2,1-2H3,(H2,28,30,32). The van der Waals surface area contributed by atoms with Gasteiger partial charge in [-0.05, 0) is 23.6 Å². The van der Waals surface area contributed by atoms with Crippen molar-refractivity contribution in [2.75, 3.05) is 13.7 Å². The number of hydrogen-bond acceptors (Lipinski definition) is 5. The molecule has 0 amide bonds. The number of nitrogens with two attached hydrogens (primary N) is 1. The quantitative estimate of drug-likeness (QED) is 0.408. The highest BCUT2D eigenvalue weighted by atomic mass is 32.2. The minimum atomic E-state index is -3.48. The fourth-order valence-corrected chi connectivity index (χ4v) is 5.91. The molecule has 2 unspecified atom stereocenters. The Labute approximate surface area is 205 Å². The van der Waals surface area contributed by atoms with Crippen LogP contribution in [0.5, 0.6) is 5.88 Å². The second-order valence-corrected chi connectivity index (χ2v) is 10.6. The second-order valence-electron chi connectivity index (χ2n) is 8.88. The van der Waals surface area contributed by atoms with E-state index in [2.05, 4.69) is 5.10 Å². The first kappa shape index (κ1) is 23.3. The number of rotatable bonds is 6. The summed E-state index contributed by atoms with van der Waals surface area (Å²) in [5.41, 5.74) is 0.892. The Morgan fingerprint density at radius 1 is 0.971 bits per heavy atom. The Bertz CT molecular complexity index is 1330. The molecule has 0 saturated carbocycles. The van der Waals surface area contributed by atoms with E-state index in [1.54, 1.807) is 11.8 Å². The highest BCUT2D eigenvalue weighted by Crippen LogP contribution is 2.43. The van der Waals surface area contributed by atoms with Gasteiger partial charge in [-0.1, -0.05) is 91.0 Å². The van der Waals surface area contributed by atoms with Crippen LogP contribution in [-0.2, 0) is 26.7 Å². The number of ether oxygens (including phenoxy) is 2. The summed E-state index contributed by atoms with van der Waals surface area (Å²) in [5.74, 6) is 0.360. The van der Waals surface area contributed by atoms with Gasteiger partial charge < -0.3 is 9.47 Å². The van der Waals surface area contributed by atoms with Crippen LogP contribution in [0, 0.1) is 0 Å². The molecule has 4 aromatic rings. The summed E-state index contributed by atoms with van der Waals surface area (Å²) < 4.78 is 32.5. The monoisotopic (exact) mass is 488 g/mol. The lowest BCUT2D eigenvalue weighted by Gasteiger charge is -2.34. The maximum absolute atomic E-state index is 14.3. The van der Waals surface area contributed by atoms with Gasteiger partial charge in [-0.25, -0.2) is 14.0 Å². The third-order valence-electron chi connectivity index (χ3n) is 6.41. The van der Waals surface area contributed by atoms with Crippen LogP contribution in [0.4, 0.5) is 0 Å². The van der Waals surface area contributed by atoms with Crippen LogP contribution in [0.25, 0.3) is 0 Å². The van der Waals surface area contributed by atoms with E-state index in [1.165, 1.54) is 6.20 Å². The molecular formula is C27H28N4O3S. The molecule has 3 aromatic carbocycles. The average Bonchev–Trinajstić information content (AvgIpc) is 3.33. The molecule has 0 spiro atoms. The van der Waals surface area contributed by atoms with Crippen molar-refractivity contribution in [3.8, 4) is 5.88 Å². The molecule has 2 atom stereocenters. The molecule has 0 saturated heterocycles. The molecule has 1 aliphatic rings. The molecule has 2 heterocycles. The lowest BCUT2D eigenvalue weighted by Crippen LogP contribution is -2.43. The van der Waals surface area contributed by atoms with E-state index in [0.717, 1.165) is 16.7 Å². The van der Waals surface area contributed by atoms with Crippen LogP contribution < -0.4 is 9.88 Å². The van der Waals surface area contributed by atoms with Gasteiger partial charge in [-0.2, -0.15) is 9.46 Å². The van der Waals surface area contributed by atoms with E-state index in [9.17, 15) is 4.21 Å². The van der Waals surface area contributed by atoms with Gasteiger partial charge in [0.25, 0.3) is 0 Å². The summed E-state index contributed by atoms with van der Waals surface area (Å²) in [4.78, 5) is 0.267. The predicted molar refractivity (Wildman–Crippen MR) is 135 cm³/mol. The molecule has 35 heavy (non-hydrogen) atoms. The molecule has 2 N–H and O–H groups in total. The molecule has 7 nitrogen and oxygen atoms in total. The molecule has 8 heteroatoms. The number of hydrogen-bond donors (Lipinski definition) is 1. The minimum absolute atomic E-state index is 0.267. The van der Waals surface area contributed by atoms with E-state index >= 15 is 0 Å². The normalized spacial score (nSPS) is 19.3. The zero-order valence-electron chi connectivity index (χ0n) is 19.7. The first-order valence-electron chi connectivity index (χ1n) is 11.3. The van der Waals surface area contributed by atoms with Crippen LogP contribution in [0.3, 0.4) is 0 Å². The largest absolute Gasteiger partial charge is 0.474 e. The Balaban J connectivity index is 1.78. The molecule has 0 bridgehead atoms. The molecule has 180 valence electrons. The van der Waals surface area contributed by atoms with Crippen molar-refractivity contribution in [3.05, 3.63) is 114 Å². The van der Waals surface area contributed by atoms with E-state index in [1.807, 2.05) is 97.9 Å². The van der Waals surface area contributed by atoms with Gasteiger partial charge >= 0.3 is 0 Å². The minimum Gasteiger partial charge on any atom is -0.474 e. The van der Waals surface area contributed by atoms with Gasteiger partial charge in [0.15, 0.2) is 0 Å². The molecule has 5 rings (SSSR count). The number of fused-ring (bicyclic) bond motifs is 1. The van der Waals surface area contributed by atoms with Gasteiger partial charge in [0.1, 0.15) is 32.6 Å². The SMILES string of the molecule is COC1(C)COc2c(S(N)(=O)=NC(c3ccccc3)(c3ccccc3)c3ccccc3)cnn2C1. The fourth-order valence-electron chi connectivity index (χ4n) is 4.47. The van der Waals surface area contributed by atoms with Crippen molar-refractivity contribution in [2.45, 2.75) is 29.5 Å². The summed E-state index contributed by atoms with van der Waals surface area (Å²) in [6.07, 6.45) is 1.49. The van der Waals surface area contributed by atoms with E-state index in [0.29, 0.717) is 19.0 Å². The molecule has 0 fully saturated rings. The third-order valence-corrected chi connectivity index (χ3v) is 7.87. The Kier molecular flexibility index (Phi) is 5.96. The van der Waals surface area contributed by atoms with Crippen molar-refractivity contribution < 1.29 is 13.7 Å². The molecular weight excluding hydrogens is 460 g/mol. The number of nitrogens with zero attached hydrogens (tertiary/aromatic N) is 3. The average molecular weight is 489 g/mol. The summed E-state index contributed by atoms with van der Waals surface area (Å²) in [6, 6.07) is 29.4. The lowest BCUT2D eigenvalue weighted by atomic mass is 9.78. The van der Waals surface area contributed by atoms with Crippen molar-refractivity contribution in [1.29, 1.82) is 0 Å². The van der Waals surface area contributed by atoms with Crippen molar-refractivity contribution in [1.82, 2.24) is 9.78 Å². The smallest absolute Gasteiger partial charge is 0.231 e. The van der Waals surface area contributed by atoms with Crippen molar-refractivity contribution in [3.63, 3.8) is 0 Å². The summed E-state index contributed by atoms with van der Waals surface area (Å²) >= 11 is 0. The molecule has 1 aromatic heterocycles. The summed E-state index contributed by atoms with van der Waals surface area (Å²) in [6.45, 7) is 2.68. The van der Waals surface area contributed by atoms with Crippen molar-refractivity contribution >= 4 is 9.92 Å². The highest BCUT2D eigenvalue weighted by molar-refractivity contribution is 7.91. The molecule has 0 radical (unpaired) electrons. The van der Waals surface area contributed by atoms with Gasteiger partial charge in [-0.15, -0.1) is 0 Å². The second kappa shape index (κ2) is 8.96. The van der Waals surface area contributed by atoms with E-state index in [-0.39, 0.29) is 4.90 Å². The zero-order valence-corrected chi connectivity index (χ0v) is 20.5. The van der Waals surface area contributed by atoms with Crippen LogP contribution in [0.15, 0.2) is 106 Å². The maximum atomic E-state index is 14.3. The summed E-state index contributed by atoms with van der Waals surface area (Å²) in [7, 11) is -1.85. The van der Waals surface area contributed by atoms with Crippen LogP contribution >= 0.6 is 0 Å². The number of methoxy groups -OCH3 is 1. The Morgan fingerprint density at radius 2 is 1.46 bits per heavy atom. The summed E-state index contributed by atoms with van der Waals surface area (Å²) in [5, 5.41) is 11.0. The van der Waals surface area contributed by atoms with Crippen molar-refractivity contribution in [2.24, 2.45) is 9.50 Å². The third kappa shape index (κ3) is 4.14. The van der Waals surface area contributed by atoms with Gasteiger partial charge in [0.05, 0.1) is 12.7 Å². The maximum Gasteiger partial charge on any atom is 0.231 e. The first-order chi connectivity index (χ1) is 16.9. The lowest BCUT2D eigenvalue weighted by molar-refractivity contribution is -0.0654. The van der Waals surface area contributed by atoms with Gasteiger partial charge in [-0.3, -0.25) is 0 Å². The topological polar surface area (TPSA) is 91.7 Å². The fraction of sp³-hybridized carbons (Fsp3) is 0.222. The first-order valence-corrected chi connectivity index (χ1v) is 12.9. The van der Waals surface area contributed by atoms with Gasteiger partial charge in [0, 0.05) is 7.11 Å². The molecule has 0 aliphatic carbocycles. The number of benzene rings is 3. The Hall–Kier alpha value is -3.46. The highest BCUT2D eigenvalue weighted by Gasteiger charge is 2.40. The number of aromatic nitrogens is 2. The molecule has 1 aliphatic heterocycles. The van der Waals surface area contributed by atoms with Crippen LogP contribution in [-0.4, -0.2) is 33.3 Å². The van der Waals surface area contributed by atoms with Crippen LogP contribution in [0.2, 0.25) is 0 Å². The predicted octanol–water partition coefficient (Wildman–Crippen LogP) is 4.37. The van der Waals surface area contributed by atoms with Crippen LogP contribution in [0.1, 0.15) is 23.6 Å². The zero-order chi connectivity index (χ0) is 24.5. The van der Waals surface area contributed by atoms with Gasteiger partial charge in [0.2, 0.25) is 5.88 Å². The Morgan fingerprint density at radius 3 is 1.91 bits per heavy atom. The van der Waals surface area contributed by atoms with E-state index in [4.69, 9.17) is 19.0 Å². The van der Waals surface area contributed by atoms with E-state index < -0.39 is 21.1 Å².